The molecule has 0 saturated heterocycles. The van der Waals surface area contributed by atoms with Gasteiger partial charge in [0, 0.05) is 20.0 Å². The van der Waals surface area contributed by atoms with E-state index in [0.717, 1.165) is 22.3 Å². The second kappa shape index (κ2) is 10.4. The van der Waals surface area contributed by atoms with Gasteiger partial charge >= 0.3 is 0 Å². The fourth-order valence-corrected chi connectivity index (χ4v) is 3.48. The van der Waals surface area contributed by atoms with Crippen molar-refractivity contribution < 1.29 is 9.59 Å². The van der Waals surface area contributed by atoms with Crippen molar-refractivity contribution in [3.63, 3.8) is 0 Å². The SMILES string of the molecule is CNC(=O)C(Cc1ccccc1)N(Cc1ccc(C)cc1)C(=O)Cc1ccccc1. The van der Waals surface area contributed by atoms with Crippen LogP contribution in [0.25, 0.3) is 0 Å². The molecule has 0 aromatic heterocycles. The average molecular weight is 401 g/mol. The number of nitrogens with zero attached hydrogens (tertiary/aromatic N) is 1. The highest BCUT2D eigenvalue weighted by molar-refractivity contribution is 5.88. The second-order valence-electron chi connectivity index (χ2n) is 7.49. The maximum atomic E-state index is 13.4. The molecule has 154 valence electrons. The van der Waals surface area contributed by atoms with Crippen LogP contribution in [0, 0.1) is 6.92 Å². The molecule has 0 radical (unpaired) electrons. The highest BCUT2D eigenvalue weighted by atomic mass is 16.2. The van der Waals surface area contributed by atoms with Crippen LogP contribution >= 0.6 is 0 Å². The van der Waals surface area contributed by atoms with Gasteiger partial charge in [-0.3, -0.25) is 9.59 Å². The zero-order valence-corrected chi connectivity index (χ0v) is 17.5. The monoisotopic (exact) mass is 400 g/mol. The Bertz CT molecular complexity index is 953. The van der Waals surface area contributed by atoms with Crippen molar-refractivity contribution in [2.24, 2.45) is 0 Å². The summed E-state index contributed by atoms with van der Waals surface area (Å²) in [5.41, 5.74) is 4.12. The van der Waals surface area contributed by atoms with Crippen molar-refractivity contribution in [3.05, 3.63) is 107 Å². The van der Waals surface area contributed by atoms with Gasteiger partial charge in [-0.25, -0.2) is 0 Å². The van der Waals surface area contributed by atoms with E-state index in [1.54, 1.807) is 11.9 Å². The Morgan fingerprint density at radius 3 is 1.93 bits per heavy atom. The summed E-state index contributed by atoms with van der Waals surface area (Å²) in [7, 11) is 1.62. The normalized spacial score (nSPS) is 11.5. The summed E-state index contributed by atoms with van der Waals surface area (Å²) in [6, 6.07) is 27.0. The lowest BCUT2D eigenvalue weighted by atomic mass is 10.0. The largest absolute Gasteiger partial charge is 0.357 e. The van der Waals surface area contributed by atoms with Gasteiger partial charge in [0.15, 0.2) is 0 Å². The van der Waals surface area contributed by atoms with Crippen LogP contribution in [0.15, 0.2) is 84.9 Å². The van der Waals surface area contributed by atoms with E-state index in [-0.39, 0.29) is 18.2 Å². The first-order chi connectivity index (χ1) is 14.6. The highest BCUT2D eigenvalue weighted by Gasteiger charge is 2.29. The van der Waals surface area contributed by atoms with Gasteiger partial charge in [-0.1, -0.05) is 90.5 Å². The molecule has 2 amide bonds. The molecule has 4 heteroatoms. The summed E-state index contributed by atoms with van der Waals surface area (Å²) in [6.07, 6.45) is 0.724. The zero-order chi connectivity index (χ0) is 21.3. The Kier molecular flexibility index (Phi) is 7.39. The molecule has 0 aliphatic carbocycles. The maximum Gasteiger partial charge on any atom is 0.242 e. The first-order valence-corrected chi connectivity index (χ1v) is 10.2. The maximum absolute atomic E-state index is 13.4. The fourth-order valence-electron chi connectivity index (χ4n) is 3.48. The van der Waals surface area contributed by atoms with Crippen molar-refractivity contribution in [2.45, 2.75) is 32.4 Å². The lowest BCUT2D eigenvalue weighted by molar-refractivity contribution is -0.140. The van der Waals surface area contributed by atoms with Crippen LogP contribution in [-0.4, -0.2) is 29.8 Å². The molecule has 0 aliphatic rings. The van der Waals surface area contributed by atoms with E-state index in [0.29, 0.717) is 13.0 Å². The number of amides is 2. The Labute approximate surface area is 178 Å². The summed E-state index contributed by atoms with van der Waals surface area (Å²) < 4.78 is 0. The molecule has 0 aliphatic heterocycles. The van der Waals surface area contributed by atoms with Gasteiger partial charge in [0.25, 0.3) is 0 Å². The zero-order valence-electron chi connectivity index (χ0n) is 17.5. The number of nitrogens with one attached hydrogen (secondary N) is 1. The summed E-state index contributed by atoms with van der Waals surface area (Å²) in [5.74, 6) is -0.223. The van der Waals surface area contributed by atoms with Crippen molar-refractivity contribution in [2.75, 3.05) is 7.05 Å². The molecule has 0 saturated carbocycles. The van der Waals surface area contributed by atoms with Crippen LogP contribution in [0.4, 0.5) is 0 Å². The van der Waals surface area contributed by atoms with Crippen LogP contribution in [0.5, 0.6) is 0 Å². The van der Waals surface area contributed by atoms with Gasteiger partial charge in [0.2, 0.25) is 11.8 Å². The van der Waals surface area contributed by atoms with Crippen molar-refractivity contribution in [1.82, 2.24) is 10.2 Å². The second-order valence-corrected chi connectivity index (χ2v) is 7.49. The molecule has 1 unspecified atom stereocenters. The Balaban J connectivity index is 1.92. The van der Waals surface area contributed by atoms with Crippen LogP contribution in [0.1, 0.15) is 22.3 Å². The molecular weight excluding hydrogens is 372 g/mol. The molecule has 1 N–H and O–H groups in total. The summed E-state index contributed by atoms with van der Waals surface area (Å²) in [5, 5.41) is 2.75. The van der Waals surface area contributed by atoms with Crippen molar-refractivity contribution in [1.29, 1.82) is 0 Å². The molecule has 3 aromatic carbocycles. The molecule has 0 fully saturated rings. The van der Waals surface area contributed by atoms with E-state index >= 15 is 0 Å². The minimum Gasteiger partial charge on any atom is -0.357 e. The van der Waals surface area contributed by atoms with Crippen LogP contribution in [0.3, 0.4) is 0 Å². The van der Waals surface area contributed by atoms with Gasteiger partial charge in [-0.15, -0.1) is 0 Å². The fraction of sp³-hybridized carbons (Fsp3) is 0.231. The highest BCUT2D eigenvalue weighted by Crippen LogP contribution is 2.17. The van der Waals surface area contributed by atoms with Crippen LogP contribution in [-0.2, 0) is 29.0 Å². The third-order valence-corrected chi connectivity index (χ3v) is 5.19. The first-order valence-electron chi connectivity index (χ1n) is 10.2. The van der Waals surface area contributed by atoms with E-state index in [2.05, 4.69) is 5.32 Å². The molecular formula is C26H28N2O2. The standard InChI is InChI=1S/C26H28N2O2/c1-20-13-15-23(16-14-20)19-28(25(29)18-22-11-7-4-8-12-22)24(26(30)27-2)17-21-9-5-3-6-10-21/h3-16,24H,17-19H2,1-2H3,(H,27,30). The van der Waals surface area contributed by atoms with E-state index in [9.17, 15) is 9.59 Å². The first kappa shape index (κ1) is 21.3. The van der Waals surface area contributed by atoms with E-state index in [4.69, 9.17) is 0 Å². The summed E-state index contributed by atoms with van der Waals surface area (Å²) in [4.78, 5) is 27.9. The molecule has 0 bridgehead atoms. The van der Waals surface area contributed by atoms with Crippen LogP contribution in [0.2, 0.25) is 0 Å². The van der Waals surface area contributed by atoms with E-state index < -0.39 is 6.04 Å². The molecule has 0 heterocycles. The lowest BCUT2D eigenvalue weighted by Gasteiger charge is -2.31. The van der Waals surface area contributed by atoms with Gasteiger partial charge in [0.1, 0.15) is 6.04 Å². The van der Waals surface area contributed by atoms with Crippen molar-refractivity contribution >= 4 is 11.8 Å². The Morgan fingerprint density at radius 2 is 1.37 bits per heavy atom. The number of hydrogen-bond donors (Lipinski definition) is 1. The van der Waals surface area contributed by atoms with Gasteiger partial charge in [-0.05, 0) is 23.6 Å². The topological polar surface area (TPSA) is 49.4 Å². The number of rotatable bonds is 8. The van der Waals surface area contributed by atoms with Gasteiger partial charge in [-0.2, -0.15) is 0 Å². The predicted molar refractivity (Wildman–Crippen MR) is 120 cm³/mol. The molecule has 3 aromatic rings. The number of carbonyl (C=O) groups excluding carboxylic acids is 2. The van der Waals surface area contributed by atoms with E-state index in [1.807, 2.05) is 91.9 Å². The number of carbonyl (C=O) groups is 2. The smallest absolute Gasteiger partial charge is 0.242 e. The number of benzene rings is 3. The minimum absolute atomic E-state index is 0.0636. The quantitative estimate of drug-likeness (QED) is 0.623. The molecule has 1 atom stereocenters. The predicted octanol–water partition coefficient (Wildman–Crippen LogP) is 3.92. The number of likely N-dealkylation sites (N-methyl/N-ethyl adjacent to an activating group) is 1. The Hall–Kier alpha value is -3.40. The summed E-state index contributed by atoms with van der Waals surface area (Å²) >= 11 is 0. The minimum atomic E-state index is -0.588. The van der Waals surface area contributed by atoms with Gasteiger partial charge < -0.3 is 10.2 Å². The third kappa shape index (κ3) is 5.80. The third-order valence-electron chi connectivity index (χ3n) is 5.19. The van der Waals surface area contributed by atoms with E-state index in [1.165, 1.54) is 0 Å². The molecule has 30 heavy (non-hydrogen) atoms. The lowest BCUT2D eigenvalue weighted by Crippen LogP contribution is -2.50. The van der Waals surface area contributed by atoms with Crippen LogP contribution < -0.4 is 5.32 Å². The average Bonchev–Trinajstić information content (AvgIpc) is 2.78. The van der Waals surface area contributed by atoms with Crippen molar-refractivity contribution in [3.8, 4) is 0 Å². The number of hydrogen-bond acceptors (Lipinski definition) is 2. The Morgan fingerprint density at radius 1 is 0.800 bits per heavy atom. The molecule has 4 nitrogen and oxygen atoms in total. The summed E-state index contributed by atoms with van der Waals surface area (Å²) in [6.45, 7) is 2.42. The molecule has 3 rings (SSSR count). The van der Waals surface area contributed by atoms with Gasteiger partial charge in [0.05, 0.1) is 6.42 Å². The molecule has 0 spiro atoms. The number of aryl methyl sites for hydroxylation is 1.